The lowest BCUT2D eigenvalue weighted by Crippen LogP contribution is -2.31. The Balaban J connectivity index is 2.31. The fraction of sp³-hybridized carbons (Fsp3) is 0.615. The molecular weight excluding hydrogens is 266 g/mol. The first-order valence-electron chi connectivity index (χ1n) is 6.54. The van der Waals surface area contributed by atoms with E-state index in [1.54, 1.807) is 6.92 Å². The Morgan fingerprint density at radius 2 is 2.32 bits per heavy atom. The second-order valence-corrected chi connectivity index (χ2v) is 5.13. The Bertz CT molecular complexity index is 467. The molecule has 0 amide bonds. The van der Waals surface area contributed by atoms with E-state index in [0.29, 0.717) is 23.2 Å². The molecule has 0 spiro atoms. The van der Waals surface area contributed by atoms with E-state index in [1.807, 2.05) is 0 Å². The van der Waals surface area contributed by atoms with Crippen LogP contribution in [-0.2, 0) is 0 Å². The summed E-state index contributed by atoms with van der Waals surface area (Å²) in [6, 6.07) is 0.316. The van der Waals surface area contributed by atoms with Gasteiger partial charge in [-0.3, -0.25) is 4.79 Å². The van der Waals surface area contributed by atoms with Crippen LogP contribution < -0.4 is 4.90 Å². The van der Waals surface area contributed by atoms with E-state index in [4.69, 9.17) is 16.7 Å². The number of aromatic nitrogens is 2. The lowest BCUT2D eigenvalue weighted by atomic mass is 10.1. The second-order valence-electron chi connectivity index (χ2n) is 4.77. The highest BCUT2D eigenvalue weighted by Crippen LogP contribution is 2.31. The SMILES string of the molecule is Cc1nc(Cl)c(C=O)c(N2CCCC2CCCO)n1. The van der Waals surface area contributed by atoms with Gasteiger partial charge in [0.15, 0.2) is 6.29 Å². The lowest BCUT2D eigenvalue weighted by Gasteiger charge is -2.27. The van der Waals surface area contributed by atoms with E-state index in [2.05, 4.69) is 14.9 Å². The number of aldehydes is 1. The Morgan fingerprint density at radius 3 is 3.00 bits per heavy atom. The summed E-state index contributed by atoms with van der Waals surface area (Å²) < 4.78 is 0. The predicted octanol–water partition coefficient (Wildman–Crippen LogP) is 1.99. The summed E-state index contributed by atoms with van der Waals surface area (Å²) >= 11 is 6.02. The maximum absolute atomic E-state index is 11.2. The molecule has 1 saturated heterocycles. The van der Waals surface area contributed by atoms with Crippen molar-refractivity contribution in [3.05, 3.63) is 16.5 Å². The maximum Gasteiger partial charge on any atom is 0.156 e. The second kappa shape index (κ2) is 6.30. The summed E-state index contributed by atoms with van der Waals surface area (Å²) in [5, 5.41) is 9.16. The largest absolute Gasteiger partial charge is 0.396 e. The summed E-state index contributed by atoms with van der Waals surface area (Å²) in [6.07, 6.45) is 4.50. The Kier molecular flexibility index (Phi) is 4.71. The van der Waals surface area contributed by atoms with Gasteiger partial charge in [0.05, 0.1) is 5.56 Å². The minimum absolute atomic E-state index is 0.189. The number of nitrogens with zero attached hydrogens (tertiary/aromatic N) is 3. The van der Waals surface area contributed by atoms with Crippen LogP contribution in [0, 0.1) is 6.92 Å². The van der Waals surface area contributed by atoms with Crippen LogP contribution in [-0.4, -0.2) is 40.6 Å². The number of anilines is 1. The average Bonchev–Trinajstić information content (AvgIpc) is 2.83. The molecule has 6 heteroatoms. The molecule has 1 N–H and O–H groups in total. The molecule has 1 unspecified atom stereocenters. The summed E-state index contributed by atoms with van der Waals surface area (Å²) in [6.45, 7) is 2.82. The third-order valence-electron chi connectivity index (χ3n) is 3.45. The van der Waals surface area contributed by atoms with Gasteiger partial charge in [0.2, 0.25) is 0 Å². The van der Waals surface area contributed by atoms with Gasteiger partial charge in [-0.15, -0.1) is 0 Å². The number of aliphatic hydroxyl groups excluding tert-OH is 1. The topological polar surface area (TPSA) is 66.3 Å². The van der Waals surface area contributed by atoms with E-state index < -0.39 is 0 Å². The minimum Gasteiger partial charge on any atom is -0.396 e. The van der Waals surface area contributed by atoms with Crippen LogP contribution in [0.3, 0.4) is 0 Å². The lowest BCUT2D eigenvalue weighted by molar-refractivity contribution is 0.112. The number of rotatable bonds is 5. The number of carbonyl (C=O) groups is 1. The molecular formula is C13H18ClN3O2. The molecule has 0 aliphatic carbocycles. The summed E-state index contributed by atoms with van der Waals surface area (Å²) in [7, 11) is 0. The molecule has 1 aliphatic heterocycles. The van der Waals surface area contributed by atoms with E-state index >= 15 is 0 Å². The molecule has 1 atom stereocenters. The number of carbonyl (C=O) groups excluding carboxylic acids is 1. The van der Waals surface area contributed by atoms with Crippen molar-refractivity contribution in [2.24, 2.45) is 0 Å². The molecule has 2 heterocycles. The number of hydrogen-bond donors (Lipinski definition) is 1. The van der Waals surface area contributed by atoms with Gasteiger partial charge >= 0.3 is 0 Å². The van der Waals surface area contributed by atoms with Crippen molar-refractivity contribution in [1.82, 2.24) is 9.97 Å². The number of aryl methyl sites for hydroxylation is 1. The smallest absolute Gasteiger partial charge is 0.156 e. The molecule has 1 aromatic rings. The van der Waals surface area contributed by atoms with Crippen molar-refractivity contribution >= 4 is 23.7 Å². The van der Waals surface area contributed by atoms with E-state index in [9.17, 15) is 4.79 Å². The van der Waals surface area contributed by atoms with Gasteiger partial charge in [-0.2, -0.15) is 0 Å². The van der Waals surface area contributed by atoms with Gasteiger partial charge in [-0.05, 0) is 32.6 Å². The summed E-state index contributed by atoms with van der Waals surface area (Å²) in [5.41, 5.74) is 0.364. The Morgan fingerprint density at radius 1 is 1.53 bits per heavy atom. The third kappa shape index (κ3) is 3.04. The highest BCUT2D eigenvalue weighted by atomic mass is 35.5. The maximum atomic E-state index is 11.2. The molecule has 1 aromatic heterocycles. The summed E-state index contributed by atoms with van der Waals surface area (Å²) in [5.74, 6) is 1.20. The molecule has 5 nitrogen and oxygen atoms in total. The van der Waals surface area contributed by atoms with Crippen LogP contribution in [0.2, 0.25) is 5.15 Å². The number of aliphatic hydroxyl groups is 1. The van der Waals surface area contributed by atoms with Gasteiger partial charge in [-0.1, -0.05) is 11.6 Å². The molecule has 0 bridgehead atoms. The Hall–Kier alpha value is -1.20. The van der Waals surface area contributed by atoms with Crippen molar-refractivity contribution in [2.45, 2.75) is 38.6 Å². The molecule has 0 saturated carbocycles. The van der Waals surface area contributed by atoms with Crippen LogP contribution in [0.4, 0.5) is 5.82 Å². The monoisotopic (exact) mass is 283 g/mol. The first-order valence-corrected chi connectivity index (χ1v) is 6.92. The zero-order valence-corrected chi connectivity index (χ0v) is 11.7. The molecule has 2 rings (SSSR count). The quantitative estimate of drug-likeness (QED) is 0.661. The Labute approximate surface area is 117 Å². The van der Waals surface area contributed by atoms with Crippen molar-refractivity contribution in [1.29, 1.82) is 0 Å². The van der Waals surface area contributed by atoms with Crippen LogP contribution in [0.1, 0.15) is 41.9 Å². The standard InChI is InChI=1S/C13H18ClN3O2/c1-9-15-12(14)11(8-19)13(16-9)17-6-2-4-10(17)5-3-7-18/h8,10,18H,2-7H2,1H3. The highest BCUT2D eigenvalue weighted by Gasteiger charge is 2.28. The van der Waals surface area contributed by atoms with E-state index in [1.165, 1.54) is 0 Å². The van der Waals surface area contributed by atoms with E-state index in [0.717, 1.165) is 38.5 Å². The number of halogens is 1. The molecule has 19 heavy (non-hydrogen) atoms. The van der Waals surface area contributed by atoms with Crippen molar-refractivity contribution < 1.29 is 9.90 Å². The van der Waals surface area contributed by atoms with Gasteiger partial charge in [-0.25, -0.2) is 9.97 Å². The van der Waals surface area contributed by atoms with Crippen molar-refractivity contribution in [3.8, 4) is 0 Å². The van der Waals surface area contributed by atoms with Gasteiger partial charge < -0.3 is 10.0 Å². The molecule has 104 valence electrons. The average molecular weight is 284 g/mol. The van der Waals surface area contributed by atoms with Gasteiger partial charge in [0.25, 0.3) is 0 Å². The molecule has 1 fully saturated rings. The number of hydrogen-bond acceptors (Lipinski definition) is 5. The fourth-order valence-electron chi connectivity index (χ4n) is 2.59. The predicted molar refractivity (Wildman–Crippen MR) is 73.9 cm³/mol. The molecule has 1 aliphatic rings. The van der Waals surface area contributed by atoms with Crippen LogP contribution >= 0.6 is 11.6 Å². The van der Waals surface area contributed by atoms with Crippen LogP contribution in [0.25, 0.3) is 0 Å². The first-order chi connectivity index (χ1) is 9.17. The van der Waals surface area contributed by atoms with Gasteiger partial charge in [0.1, 0.15) is 16.8 Å². The van der Waals surface area contributed by atoms with Gasteiger partial charge in [0, 0.05) is 19.2 Å². The highest BCUT2D eigenvalue weighted by molar-refractivity contribution is 6.32. The van der Waals surface area contributed by atoms with Crippen molar-refractivity contribution in [2.75, 3.05) is 18.1 Å². The molecule has 0 radical (unpaired) electrons. The van der Waals surface area contributed by atoms with E-state index in [-0.39, 0.29) is 11.8 Å². The normalized spacial score (nSPS) is 18.9. The minimum atomic E-state index is 0.189. The van der Waals surface area contributed by atoms with Crippen molar-refractivity contribution in [3.63, 3.8) is 0 Å². The zero-order chi connectivity index (χ0) is 13.8. The van der Waals surface area contributed by atoms with Crippen LogP contribution in [0.5, 0.6) is 0 Å². The summed E-state index contributed by atoms with van der Waals surface area (Å²) in [4.78, 5) is 21.7. The third-order valence-corrected chi connectivity index (χ3v) is 3.74. The zero-order valence-electron chi connectivity index (χ0n) is 11.0. The fourth-order valence-corrected chi connectivity index (χ4v) is 2.85. The first kappa shape index (κ1) is 14.2. The van der Waals surface area contributed by atoms with Crippen LogP contribution in [0.15, 0.2) is 0 Å². The molecule has 0 aromatic carbocycles.